The van der Waals surface area contributed by atoms with Crippen molar-refractivity contribution in [2.45, 2.75) is 52.0 Å². The topological polar surface area (TPSA) is 35.2 Å². The summed E-state index contributed by atoms with van der Waals surface area (Å²) >= 11 is 0. The molecule has 0 radical (unpaired) electrons. The van der Waals surface area contributed by atoms with E-state index in [-0.39, 0.29) is 6.04 Å². The molecule has 1 aromatic carbocycles. The van der Waals surface area contributed by atoms with Gasteiger partial charge in [0.2, 0.25) is 0 Å². The summed E-state index contributed by atoms with van der Waals surface area (Å²) in [6.45, 7) is 6.58. The Morgan fingerprint density at radius 1 is 1.29 bits per heavy atom. The van der Waals surface area contributed by atoms with Gasteiger partial charge in [-0.05, 0) is 24.0 Å². The normalized spacial score (nSPS) is 12.8. The van der Waals surface area contributed by atoms with E-state index in [2.05, 4.69) is 32.9 Å². The Labute approximate surface area is 105 Å². The predicted octanol–water partition coefficient (Wildman–Crippen LogP) is 4.01. The van der Waals surface area contributed by atoms with E-state index in [9.17, 15) is 0 Å². The Morgan fingerprint density at radius 2 is 2.00 bits per heavy atom. The van der Waals surface area contributed by atoms with E-state index in [1.165, 1.54) is 12.0 Å². The van der Waals surface area contributed by atoms with Crippen molar-refractivity contribution in [1.82, 2.24) is 0 Å². The summed E-state index contributed by atoms with van der Waals surface area (Å²) in [5.41, 5.74) is 8.72. The van der Waals surface area contributed by atoms with Gasteiger partial charge in [-0.1, -0.05) is 45.7 Å². The fraction of sp³-hybridized carbons (Fsp3) is 0.600. The van der Waals surface area contributed by atoms with Gasteiger partial charge in [-0.25, -0.2) is 0 Å². The van der Waals surface area contributed by atoms with Crippen LogP contribution in [0.4, 0.5) is 0 Å². The third kappa shape index (κ3) is 3.74. The van der Waals surface area contributed by atoms with Crippen LogP contribution in [0, 0.1) is 0 Å². The summed E-state index contributed by atoms with van der Waals surface area (Å²) in [6.07, 6.45) is 3.37. The van der Waals surface area contributed by atoms with Gasteiger partial charge >= 0.3 is 0 Å². The zero-order valence-electron chi connectivity index (χ0n) is 11.5. The molecule has 0 fully saturated rings. The van der Waals surface area contributed by atoms with Crippen LogP contribution in [0.1, 0.15) is 63.1 Å². The minimum atomic E-state index is 0.0867. The first-order valence-corrected chi connectivity index (χ1v) is 6.53. The summed E-state index contributed by atoms with van der Waals surface area (Å²) in [7, 11) is 1.71. The minimum absolute atomic E-state index is 0.0867. The van der Waals surface area contributed by atoms with E-state index in [0.717, 1.165) is 24.2 Å². The molecule has 0 aromatic heterocycles. The second-order valence-corrected chi connectivity index (χ2v) is 4.90. The molecule has 0 bridgehead atoms. The molecule has 96 valence electrons. The van der Waals surface area contributed by atoms with Gasteiger partial charge in [0, 0.05) is 11.6 Å². The highest BCUT2D eigenvalue weighted by molar-refractivity contribution is 5.40. The molecular weight excluding hydrogens is 210 g/mol. The highest BCUT2D eigenvalue weighted by Gasteiger charge is 2.13. The Hall–Kier alpha value is -1.02. The molecule has 1 atom stereocenters. The highest BCUT2D eigenvalue weighted by Crippen LogP contribution is 2.30. The van der Waals surface area contributed by atoms with Gasteiger partial charge in [-0.3, -0.25) is 0 Å². The van der Waals surface area contributed by atoms with Crippen molar-refractivity contribution >= 4 is 0 Å². The molecule has 0 aliphatic carbocycles. The molecule has 0 saturated heterocycles. The largest absolute Gasteiger partial charge is 0.496 e. The second kappa shape index (κ2) is 6.65. The van der Waals surface area contributed by atoms with Crippen LogP contribution in [0.3, 0.4) is 0 Å². The molecular formula is C15H25NO. The predicted molar refractivity (Wildman–Crippen MR) is 73.5 cm³/mol. The van der Waals surface area contributed by atoms with E-state index in [1.54, 1.807) is 7.11 Å². The van der Waals surface area contributed by atoms with Crippen molar-refractivity contribution in [2.24, 2.45) is 5.73 Å². The first-order chi connectivity index (χ1) is 8.10. The maximum absolute atomic E-state index is 6.25. The van der Waals surface area contributed by atoms with Crippen molar-refractivity contribution in [1.29, 1.82) is 0 Å². The molecule has 1 rings (SSSR count). The second-order valence-electron chi connectivity index (χ2n) is 4.90. The van der Waals surface area contributed by atoms with Crippen LogP contribution in [0.25, 0.3) is 0 Å². The van der Waals surface area contributed by atoms with Crippen molar-refractivity contribution in [2.75, 3.05) is 7.11 Å². The molecule has 2 N–H and O–H groups in total. The van der Waals surface area contributed by atoms with Crippen molar-refractivity contribution in [3.8, 4) is 5.75 Å². The molecule has 0 amide bonds. The van der Waals surface area contributed by atoms with Gasteiger partial charge in [0.05, 0.1) is 7.11 Å². The van der Waals surface area contributed by atoms with Gasteiger partial charge in [-0.2, -0.15) is 0 Å². The first-order valence-electron chi connectivity index (χ1n) is 6.53. The van der Waals surface area contributed by atoms with Gasteiger partial charge in [0.15, 0.2) is 0 Å². The van der Waals surface area contributed by atoms with Crippen molar-refractivity contribution in [3.63, 3.8) is 0 Å². The maximum Gasteiger partial charge on any atom is 0.123 e. The Balaban J connectivity index is 2.96. The number of unbranched alkanes of at least 4 members (excludes halogenated alkanes) is 1. The number of hydrogen-bond acceptors (Lipinski definition) is 2. The molecule has 0 spiro atoms. The summed E-state index contributed by atoms with van der Waals surface area (Å²) in [6, 6.07) is 6.45. The van der Waals surface area contributed by atoms with Gasteiger partial charge in [0.1, 0.15) is 5.75 Å². The monoisotopic (exact) mass is 235 g/mol. The molecule has 2 heteroatoms. The van der Waals surface area contributed by atoms with Gasteiger partial charge in [0.25, 0.3) is 0 Å². The zero-order chi connectivity index (χ0) is 12.8. The molecule has 2 nitrogen and oxygen atoms in total. The van der Waals surface area contributed by atoms with E-state index in [4.69, 9.17) is 10.5 Å². The lowest BCUT2D eigenvalue weighted by Gasteiger charge is -2.18. The lowest BCUT2D eigenvalue weighted by molar-refractivity contribution is 0.403. The molecule has 17 heavy (non-hydrogen) atoms. The minimum Gasteiger partial charge on any atom is -0.496 e. The van der Waals surface area contributed by atoms with Crippen LogP contribution in [-0.4, -0.2) is 7.11 Å². The molecule has 0 aliphatic rings. The summed E-state index contributed by atoms with van der Waals surface area (Å²) in [4.78, 5) is 0. The summed E-state index contributed by atoms with van der Waals surface area (Å²) in [5.74, 6) is 1.44. The quantitative estimate of drug-likeness (QED) is 0.808. The van der Waals surface area contributed by atoms with Crippen LogP contribution in [0.2, 0.25) is 0 Å². The Kier molecular flexibility index (Phi) is 5.49. The lowest BCUT2D eigenvalue weighted by atomic mass is 9.95. The van der Waals surface area contributed by atoms with Crippen molar-refractivity contribution < 1.29 is 4.74 Å². The zero-order valence-corrected chi connectivity index (χ0v) is 11.5. The molecule has 0 unspecified atom stereocenters. The van der Waals surface area contributed by atoms with E-state index in [0.29, 0.717) is 5.92 Å². The highest BCUT2D eigenvalue weighted by atomic mass is 16.5. The first kappa shape index (κ1) is 14.0. The van der Waals surface area contributed by atoms with Crippen LogP contribution < -0.4 is 10.5 Å². The van der Waals surface area contributed by atoms with Crippen LogP contribution in [0.5, 0.6) is 5.75 Å². The number of ether oxygens (including phenoxy) is 1. The van der Waals surface area contributed by atoms with Crippen LogP contribution >= 0.6 is 0 Å². The Morgan fingerprint density at radius 3 is 2.53 bits per heavy atom. The van der Waals surface area contributed by atoms with E-state index >= 15 is 0 Å². The number of methoxy groups -OCH3 is 1. The molecule has 0 aliphatic heterocycles. The maximum atomic E-state index is 6.25. The number of nitrogens with two attached hydrogens (primary N) is 1. The van der Waals surface area contributed by atoms with Gasteiger partial charge < -0.3 is 10.5 Å². The average molecular weight is 235 g/mol. The van der Waals surface area contributed by atoms with Crippen LogP contribution in [-0.2, 0) is 0 Å². The lowest BCUT2D eigenvalue weighted by Crippen LogP contribution is -2.12. The Bertz CT molecular complexity index is 347. The van der Waals surface area contributed by atoms with E-state index in [1.807, 2.05) is 6.07 Å². The smallest absolute Gasteiger partial charge is 0.123 e. The standard InChI is InChI=1S/C15H25NO/c1-5-6-7-14(16)13-10-12(11(2)3)8-9-15(13)17-4/h8-11,14H,5-7,16H2,1-4H3/t14-/m1/s1. The van der Waals surface area contributed by atoms with Gasteiger partial charge in [-0.15, -0.1) is 0 Å². The molecule has 0 heterocycles. The fourth-order valence-corrected chi connectivity index (χ4v) is 1.98. The SMILES string of the molecule is CCCC[C@@H](N)c1cc(C(C)C)ccc1OC. The number of hydrogen-bond donors (Lipinski definition) is 1. The number of benzene rings is 1. The fourth-order valence-electron chi connectivity index (χ4n) is 1.98. The summed E-state index contributed by atoms with van der Waals surface area (Å²) < 4.78 is 5.40. The van der Waals surface area contributed by atoms with Crippen LogP contribution in [0.15, 0.2) is 18.2 Å². The average Bonchev–Trinajstić information content (AvgIpc) is 2.34. The molecule has 0 saturated carbocycles. The third-order valence-electron chi connectivity index (χ3n) is 3.19. The number of rotatable bonds is 6. The third-order valence-corrected chi connectivity index (χ3v) is 3.19. The summed E-state index contributed by atoms with van der Waals surface area (Å²) in [5, 5.41) is 0. The van der Waals surface area contributed by atoms with Crippen molar-refractivity contribution in [3.05, 3.63) is 29.3 Å². The van der Waals surface area contributed by atoms with E-state index < -0.39 is 0 Å². The molecule has 1 aromatic rings.